The molecule has 0 aromatic heterocycles. The molecule has 128 valence electrons. The lowest BCUT2D eigenvalue weighted by Gasteiger charge is -2.33. The van der Waals surface area contributed by atoms with Gasteiger partial charge in [-0.05, 0) is 51.5 Å². The molecular formula is C17H25ClN2O3. The highest BCUT2D eigenvalue weighted by atomic mass is 35.5. The number of nitrogens with zero attached hydrogens (tertiary/aromatic N) is 1. The monoisotopic (exact) mass is 340 g/mol. The van der Waals surface area contributed by atoms with Crippen LogP contribution in [0.3, 0.4) is 0 Å². The smallest absolute Gasteiger partial charge is 0.325 e. The Labute approximate surface area is 142 Å². The quantitative estimate of drug-likeness (QED) is 0.809. The number of halogens is 1. The fraction of sp³-hybridized carbons (Fsp3) is 0.529. The van der Waals surface area contributed by atoms with E-state index in [1.54, 1.807) is 29.2 Å². The third-order valence-corrected chi connectivity index (χ3v) is 3.50. The van der Waals surface area contributed by atoms with Gasteiger partial charge in [0.15, 0.2) is 0 Å². The van der Waals surface area contributed by atoms with Crippen LogP contribution in [0.1, 0.15) is 34.1 Å². The first kappa shape index (κ1) is 19.3. The zero-order chi connectivity index (χ0) is 17.6. The number of rotatable bonds is 6. The van der Waals surface area contributed by atoms with Crippen LogP contribution in [0, 0.1) is 0 Å². The summed E-state index contributed by atoms with van der Waals surface area (Å²) < 4.78 is 4.76. The minimum atomic E-state index is -0.477. The van der Waals surface area contributed by atoms with E-state index in [1.165, 1.54) is 7.11 Å². The molecule has 5 nitrogen and oxygen atoms in total. The van der Waals surface area contributed by atoms with E-state index in [0.717, 1.165) is 5.69 Å². The highest BCUT2D eigenvalue weighted by Crippen LogP contribution is 2.22. The van der Waals surface area contributed by atoms with Crippen molar-refractivity contribution in [3.8, 4) is 0 Å². The van der Waals surface area contributed by atoms with Gasteiger partial charge in [-0.1, -0.05) is 18.5 Å². The molecule has 0 aliphatic rings. The topological polar surface area (TPSA) is 58.6 Å². The molecule has 0 spiro atoms. The van der Waals surface area contributed by atoms with E-state index in [-0.39, 0.29) is 18.0 Å². The fourth-order valence-corrected chi connectivity index (χ4v) is 2.34. The van der Waals surface area contributed by atoms with E-state index in [9.17, 15) is 9.59 Å². The van der Waals surface area contributed by atoms with Gasteiger partial charge in [0.05, 0.1) is 7.11 Å². The zero-order valence-corrected chi connectivity index (χ0v) is 15.1. The molecule has 0 radical (unpaired) electrons. The van der Waals surface area contributed by atoms with Gasteiger partial charge in [0.1, 0.15) is 12.6 Å². The molecular weight excluding hydrogens is 316 g/mol. The number of carbonyl (C=O) groups excluding carboxylic acids is 2. The van der Waals surface area contributed by atoms with Crippen molar-refractivity contribution in [3.05, 3.63) is 29.3 Å². The second-order valence-electron chi connectivity index (χ2n) is 6.34. The third-order valence-electron chi connectivity index (χ3n) is 3.25. The number of esters is 1. The Morgan fingerprint density at radius 3 is 2.26 bits per heavy atom. The molecule has 6 heteroatoms. The second-order valence-corrected chi connectivity index (χ2v) is 6.78. The Bertz CT molecular complexity index is 538. The average molecular weight is 341 g/mol. The molecule has 1 N–H and O–H groups in total. The van der Waals surface area contributed by atoms with E-state index in [2.05, 4.69) is 5.32 Å². The maximum atomic E-state index is 12.6. The first-order valence-corrected chi connectivity index (χ1v) is 7.96. The van der Waals surface area contributed by atoms with Gasteiger partial charge in [-0.3, -0.25) is 9.59 Å². The van der Waals surface area contributed by atoms with Crippen molar-refractivity contribution in [3.63, 3.8) is 0 Å². The molecule has 1 aromatic carbocycles. The largest absolute Gasteiger partial charge is 0.468 e. The van der Waals surface area contributed by atoms with E-state index in [1.807, 2.05) is 27.7 Å². The number of anilines is 1. The number of amides is 1. The van der Waals surface area contributed by atoms with E-state index in [4.69, 9.17) is 16.3 Å². The first-order chi connectivity index (χ1) is 10.7. The van der Waals surface area contributed by atoms with Crippen LogP contribution in [0.2, 0.25) is 5.02 Å². The van der Waals surface area contributed by atoms with Gasteiger partial charge in [0.2, 0.25) is 5.91 Å². The Balaban J connectivity index is 3.11. The third kappa shape index (κ3) is 6.10. The van der Waals surface area contributed by atoms with Crippen molar-refractivity contribution in [2.24, 2.45) is 0 Å². The summed E-state index contributed by atoms with van der Waals surface area (Å²) in [5.41, 5.74) is 0.400. The van der Waals surface area contributed by atoms with Crippen LogP contribution >= 0.6 is 11.6 Å². The van der Waals surface area contributed by atoms with Crippen molar-refractivity contribution in [2.45, 2.75) is 45.7 Å². The van der Waals surface area contributed by atoms with Crippen LogP contribution in [0.4, 0.5) is 5.69 Å². The number of methoxy groups -OCH3 is 1. The number of nitrogens with one attached hydrogen (secondary N) is 1. The summed E-state index contributed by atoms with van der Waals surface area (Å²) in [6, 6.07) is 6.57. The maximum absolute atomic E-state index is 12.6. The molecule has 0 bridgehead atoms. The lowest BCUT2D eigenvalue weighted by molar-refractivity contribution is -0.139. The minimum absolute atomic E-state index is 0.00575. The Kier molecular flexibility index (Phi) is 6.88. The summed E-state index contributed by atoms with van der Waals surface area (Å²) in [6.07, 6.45) is 0.557. The maximum Gasteiger partial charge on any atom is 0.325 e. The van der Waals surface area contributed by atoms with Gasteiger partial charge in [-0.25, -0.2) is 0 Å². The molecule has 0 fully saturated rings. The summed E-state index contributed by atoms with van der Waals surface area (Å²) in [7, 11) is 1.33. The van der Waals surface area contributed by atoms with Crippen LogP contribution in [-0.4, -0.2) is 37.1 Å². The van der Waals surface area contributed by atoms with E-state index >= 15 is 0 Å². The Morgan fingerprint density at radius 1 is 1.26 bits per heavy atom. The summed E-state index contributed by atoms with van der Waals surface area (Å²) in [6.45, 7) is 7.67. The molecule has 0 saturated heterocycles. The molecule has 1 amide bonds. The van der Waals surface area contributed by atoms with Crippen LogP contribution in [0.5, 0.6) is 0 Å². The van der Waals surface area contributed by atoms with Gasteiger partial charge in [-0.15, -0.1) is 0 Å². The lowest BCUT2D eigenvalue weighted by atomic mass is 10.1. The summed E-state index contributed by atoms with van der Waals surface area (Å²) in [4.78, 5) is 26.1. The van der Waals surface area contributed by atoms with Gasteiger partial charge in [0.25, 0.3) is 0 Å². The van der Waals surface area contributed by atoms with Gasteiger partial charge in [-0.2, -0.15) is 0 Å². The predicted molar refractivity (Wildman–Crippen MR) is 92.8 cm³/mol. The number of ether oxygens (including phenoxy) is 1. The molecule has 0 aliphatic carbocycles. The Morgan fingerprint density at radius 2 is 1.83 bits per heavy atom. The van der Waals surface area contributed by atoms with Gasteiger partial charge >= 0.3 is 5.97 Å². The van der Waals surface area contributed by atoms with E-state index < -0.39 is 12.0 Å². The summed E-state index contributed by atoms with van der Waals surface area (Å²) in [5, 5.41) is 3.56. The molecule has 1 aromatic rings. The number of carbonyl (C=O) groups is 2. The van der Waals surface area contributed by atoms with Crippen LogP contribution in [-0.2, 0) is 14.3 Å². The molecule has 0 aliphatic heterocycles. The number of hydrogen-bond donors (Lipinski definition) is 1. The molecule has 23 heavy (non-hydrogen) atoms. The second kappa shape index (κ2) is 8.20. The minimum Gasteiger partial charge on any atom is -0.468 e. The molecule has 0 heterocycles. The summed E-state index contributed by atoms with van der Waals surface area (Å²) >= 11 is 5.92. The average Bonchev–Trinajstić information content (AvgIpc) is 2.45. The van der Waals surface area contributed by atoms with Crippen molar-refractivity contribution in [1.82, 2.24) is 5.32 Å². The fourth-order valence-electron chi connectivity index (χ4n) is 2.22. The van der Waals surface area contributed by atoms with Crippen molar-refractivity contribution < 1.29 is 14.3 Å². The molecule has 0 saturated carbocycles. The molecule has 0 unspecified atom stereocenters. The Hall–Kier alpha value is -1.75. The molecule has 1 rings (SSSR count). The number of benzene rings is 1. The van der Waals surface area contributed by atoms with Gasteiger partial charge in [0, 0.05) is 16.2 Å². The summed E-state index contributed by atoms with van der Waals surface area (Å²) in [5.74, 6) is -0.527. The van der Waals surface area contributed by atoms with Crippen LogP contribution in [0.15, 0.2) is 24.3 Å². The lowest BCUT2D eigenvalue weighted by Crippen LogP contribution is -2.53. The highest BCUT2D eigenvalue weighted by Gasteiger charge is 2.29. The number of hydrogen-bond acceptors (Lipinski definition) is 4. The normalized spacial score (nSPS) is 12.4. The van der Waals surface area contributed by atoms with Crippen LogP contribution in [0.25, 0.3) is 0 Å². The predicted octanol–water partition coefficient (Wildman–Crippen LogP) is 3.01. The highest BCUT2D eigenvalue weighted by molar-refractivity contribution is 6.30. The first-order valence-electron chi connectivity index (χ1n) is 7.59. The van der Waals surface area contributed by atoms with Crippen molar-refractivity contribution in [2.75, 3.05) is 18.6 Å². The standard InChI is InChI=1S/C17H25ClN2O3/c1-6-14(16(22)19-17(2,3)4)20(11-15(21)23-5)13-9-7-12(18)8-10-13/h7-10,14H,6,11H2,1-5H3,(H,19,22)/t14-/m1/s1. The molecule has 1 atom stereocenters. The van der Waals surface area contributed by atoms with Crippen molar-refractivity contribution in [1.29, 1.82) is 0 Å². The van der Waals surface area contributed by atoms with Crippen LogP contribution < -0.4 is 10.2 Å². The van der Waals surface area contributed by atoms with E-state index in [0.29, 0.717) is 11.4 Å². The SMILES string of the molecule is CC[C@H](C(=O)NC(C)(C)C)N(CC(=O)OC)c1ccc(Cl)cc1. The zero-order valence-electron chi connectivity index (χ0n) is 14.4. The van der Waals surface area contributed by atoms with Crippen molar-refractivity contribution >= 4 is 29.2 Å². The van der Waals surface area contributed by atoms with Gasteiger partial charge < -0.3 is 15.0 Å².